The minimum atomic E-state index is 0.250. The molecule has 3 aromatic heterocycles. The molecule has 0 atom stereocenters. The summed E-state index contributed by atoms with van der Waals surface area (Å²) in [6, 6.07) is 11.4. The van der Waals surface area contributed by atoms with Crippen LogP contribution in [0.5, 0.6) is 11.5 Å². The van der Waals surface area contributed by atoms with Crippen LogP contribution in [0.15, 0.2) is 55.0 Å². The number of ether oxygens (including phenoxy) is 2. The standard InChI is InChI=1S/C17H11N5O2/c1-2-14-15(24-10-23-14)9-12(1)13-5-8-19-17-20-16(21-22(13)17)11-3-6-18-7-4-11/h1-9H,10H2. The molecule has 0 fully saturated rings. The number of hydrogen-bond donors (Lipinski definition) is 0. The maximum absolute atomic E-state index is 5.46. The van der Waals surface area contributed by atoms with Crippen LogP contribution in [0.1, 0.15) is 0 Å². The van der Waals surface area contributed by atoms with Crippen LogP contribution >= 0.6 is 0 Å². The van der Waals surface area contributed by atoms with E-state index in [2.05, 4.69) is 20.1 Å². The lowest BCUT2D eigenvalue weighted by Crippen LogP contribution is -1.96. The second kappa shape index (κ2) is 5.02. The third-order valence-corrected chi connectivity index (χ3v) is 3.85. The van der Waals surface area contributed by atoms with Crippen molar-refractivity contribution in [1.82, 2.24) is 24.6 Å². The molecule has 24 heavy (non-hydrogen) atoms. The predicted octanol–water partition coefficient (Wildman–Crippen LogP) is 2.58. The van der Waals surface area contributed by atoms with Gasteiger partial charge in [-0.2, -0.15) is 9.50 Å². The average molecular weight is 317 g/mol. The largest absolute Gasteiger partial charge is 0.454 e. The molecule has 0 bridgehead atoms. The van der Waals surface area contributed by atoms with Gasteiger partial charge in [0.05, 0.1) is 5.69 Å². The predicted molar refractivity (Wildman–Crippen MR) is 85.6 cm³/mol. The summed E-state index contributed by atoms with van der Waals surface area (Å²) >= 11 is 0. The number of pyridine rings is 1. The summed E-state index contributed by atoms with van der Waals surface area (Å²) in [4.78, 5) is 12.8. The van der Waals surface area contributed by atoms with Crippen LogP contribution in [-0.4, -0.2) is 31.4 Å². The van der Waals surface area contributed by atoms with Crippen molar-refractivity contribution >= 4 is 5.78 Å². The van der Waals surface area contributed by atoms with Gasteiger partial charge in [0.15, 0.2) is 17.3 Å². The van der Waals surface area contributed by atoms with E-state index in [0.717, 1.165) is 28.3 Å². The lowest BCUT2D eigenvalue weighted by molar-refractivity contribution is 0.174. The average Bonchev–Trinajstić information content (AvgIpc) is 3.28. The van der Waals surface area contributed by atoms with Crippen molar-refractivity contribution in [1.29, 1.82) is 0 Å². The minimum Gasteiger partial charge on any atom is -0.454 e. The summed E-state index contributed by atoms with van der Waals surface area (Å²) in [7, 11) is 0. The minimum absolute atomic E-state index is 0.250. The summed E-state index contributed by atoms with van der Waals surface area (Å²) in [6.45, 7) is 0.250. The zero-order valence-electron chi connectivity index (χ0n) is 12.5. The van der Waals surface area contributed by atoms with Crippen molar-refractivity contribution in [2.45, 2.75) is 0 Å². The van der Waals surface area contributed by atoms with E-state index >= 15 is 0 Å². The number of rotatable bonds is 2. The van der Waals surface area contributed by atoms with E-state index in [-0.39, 0.29) is 6.79 Å². The quantitative estimate of drug-likeness (QED) is 0.566. The van der Waals surface area contributed by atoms with Crippen LogP contribution in [0.2, 0.25) is 0 Å². The highest BCUT2D eigenvalue weighted by Crippen LogP contribution is 2.35. The molecule has 116 valence electrons. The summed E-state index contributed by atoms with van der Waals surface area (Å²) < 4.78 is 12.6. The van der Waals surface area contributed by atoms with E-state index in [1.807, 2.05) is 36.4 Å². The molecule has 1 aliphatic heterocycles. The maximum atomic E-state index is 5.46. The number of benzene rings is 1. The first kappa shape index (κ1) is 13.0. The van der Waals surface area contributed by atoms with E-state index < -0.39 is 0 Å². The molecular weight excluding hydrogens is 306 g/mol. The van der Waals surface area contributed by atoms with Crippen LogP contribution < -0.4 is 9.47 Å². The first-order valence-corrected chi connectivity index (χ1v) is 7.41. The molecule has 0 saturated carbocycles. The molecular formula is C17H11N5O2. The van der Waals surface area contributed by atoms with Gasteiger partial charge >= 0.3 is 0 Å². The maximum Gasteiger partial charge on any atom is 0.253 e. The summed E-state index contributed by atoms with van der Waals surface area (Å²) in [5.74, 6) is 2.63. The first-order chi connectivity index (χ1) is 11.9. The van der Waals surface area contributed by atoms with Gasteiger partial charge in [-0.25, -0.2) is 4.98 Å². The molecule has 0 saturated heterocycles. The Labute approximate surface area is 136 Å². The Morgan fingerprint density at radius 3 is 2.67 bits per heavy atom. The third kappa shape index (κ3) is 1.98. The van der Waals surface area contributed by atoms with E-state index in [0.29, 0.717) is 11.6 Å². The van der Waals surface area contributed by atoms with Gasteiger partial charge in [-0.15, -0.1) is 5.10 Å². The lowest BCUT2D eigenvalue weighted by atomic mass is 10.1. The van der Waals surface area contributed by atoms with Gasteiger partial charge in [-0.05, 0) is 36.4 Å². The Morgan fingerprint density at radius 1 is 0.875 bits per heavy atom. The Kier molecular flexibility index (Phi) is 2.72. The fraction of sp³-hybridized carbons (Fsp3) is 0.0588. The lowest BCUT2D eigenvalue weighted by Gasteiger charge is -2.04. The Hall–Kier alpha value is -3.48. The first-order valence-electron chi connectivity index (χ1n) is 7.41. The monoisotopic (exact) mass is 317 g/mol. The van der Waals surface area contributed by atoms with Gasteiger partial charge < -0.3 is 9.47 Å². The smallest absolute Gasteiger partial charge is 0.253 e. The van der Waals surface area contributed by atoms with Crippen LogP contribution in [-0.2, 0) is 0 Å². The van der Waals surface area contributed by atoms with Crippen molar-refractivity contribution in [2.75, 3.05) is 6.79 Å². The van der Waals surface area contributed by atoms with E-state index in [1.165, 1.54) is 0 Å². The van der Waals surface area contributed by atoms with Crippen molar-refractivity contribution in [2.24, 2.45) is 0 Å². The zero-order valence-corrected chi connectivity index (χ0v) is 12.5. The Morgan fingerprint density at radius 2 is 1.75 bits per heavy atom. The Balaban J connectivity index is 1.68. The number of fused-ring (bicyclic) bond motifs is 2. The van der Waals surface area contributed by atoms with Gasteiger partial charge in [-0.3, -0.25) is 4.98 Å². The van der Waals surface area contributed by atoms with Crippen molar-refractivity contribution in [3.63, 3.8) is 0 Å². The molecule has 0 N–H and O–H groups in total. The summed E-state index contributed by atoms with van der Waals surface area (Å²) in [5, 5.41) is 4.60. The molecule has 0 aliphatic carbocycles. The van der Waals surface area contributed by atoms with Gasteiger partial charge in [0, 0.05) is 29.7 Å². The van der Waals surface area contributed by atoms with Gasteiger partial charge in [0.25, 0.3) is 5.78 Å². The number of aromatic nitrogens is 5. The zero-order chi connectivity index (χ0) is 15.9. The molecule has 4 heterocycles. The third-order valence-electron chi connectivity index (χ3n) is 3.85. The molecule has 0 amide bonds. The number of hydrogen-bond acceptors (Lipinski definition) is 6. The topological polar surface area (TPSA) is 74.4 Å². The molecule has 0 unspecified atom stereocenters. The normalized spacial score (nSPS) is 12.7. The molecule has 7 heteroatoms. The molecule has 0 spiro atoms. The molecule has 1 aromatic carbocycles. The fourth-order valence-corrected chi connectivity index (χ4v) is 2.69. The SMILES string of the molecule is c1cc(-c2nc3nccc(-c4ccc5c(c4)OCO5)n3n2)ccn1. The van der Waals surface area contributed by atoms with E-state index in [1.54, 1.807) is 23.1 Å². The van der Waals surface area contributed by atoms with Crippen molar-refractivity contribution < 1.29 is 9.47 Å². The molecule has 0 radical (unpaired) electrons. The Bertz CT molecular complexity index is 1050. The summed E-state index contributed by atoms with van der Waals surface area (Å²) in [6.07, 6.45) is 5.15. The summed E-state index contributed by atoms with van der Waals surface area (Å²) in [5.41, 5.74) is 2.73. The van der Waals surface area contributed by atoms with Crippen molar-refractivity contribution in [3.8, 4) is 34.1 Å². The van der Waals surface area contributed by atoms with Crippen LogP contribution in [0.3, 0.4) is 0 Å². The van der Waals surface area contributed by atoms with E-state index in [4.69, 9.17) is 9.47 Å². The highest BCUT2D eigenvalue weighted by Gasteiger charge is 2.16. The second-order valence-electron chi connectivity index (χ2n) is 5.28. The fourth-order valence-electron chi connectivity index (χ4n) is 2.69. The van der Waals surface area contributed by atoms with Crippen LogP contribution in [0, 0.1) is 0 Å². The highest BCUT2D eigenvalue weighted by atomic mass is 16.7. The molecule has 1 aliphatic rings. The van der Waals surface area contributed by atoms with Gasteiger partial charge in [0.1, 0.15) is 0 Å². The van der Waals surface area contributed by atoms with E-state index in [9.17, 15) is 0 Å². The number of nitrogens with zero attached hydrogens (tertiary/aromatic N) is 5. The molecule has 7 nitrogen and oxygen atoms in total. The van der Waals surface area contributed by atoms with Crippen LogP contribution in [0.25, 0.3) is 28.4 Å². The van der Waals surface area contributed by atoms with Gasteiger partial charge in [-0.1, -0.05) is 0 Å². The van der Waals surface area contributed by atoms with Crippen molar-refractivity contribution in [3.05, 3.63) is 55.0 Å². The van der Waals surface area contributed by atoms with Crippen LogP contribution in [0.4, 0.5) is 0 Å². The second-order valence-corrected chi connectivity index (χ2v) is 5.28. The molecule has 4 aromatic rings. The molecule has 5 rings (SSSR count). The van der Waals surface area contributed by atoms with Gasteiger partial charge in [0.2, 0.25) is 6.79 Å². The highest BCUT2D eigenvalue weighted by molar-refractivity contribution is 5.67.